The molecule has 17 heavy (non-hydrogen) atoms. The van der Waals surface area contributed by atoms with E-state index in [1.165, 1.54) is 31.9 Å². The fourth-order valence-electron chi connectivity index (χ4n) is 3.32. The van der Waals surface area contributed by atoms with Crippen LogP contribution in [0.2, 0.25) is 0 Å². The Morgan fingerprint density at radius 1 is 1.06 bits per heavy atom. The molecule has 1 aromatic carbocycles. The quantitative estimate of drug-likeness (QED) is 0.772. The summed E-state index contributed by atoms with van der Waals surface area (Å²) in [6, 6.07) is 8.35. The number of fused-ring (bicyclic) bond motifs is 1. The highest BCUT2D eigenvalue weighted by Crippen LogP contribution is 2.37. The smallest absolute Gasteiger partial charge is 0.142 e. The van der Waals surface area contributed by atoms with E-state index in [9.17, 15) is 0 Å². The summed E-state index contributed by atoms with van der Waals surface area (Å²) in [5.41, 5.74) is 1.26. The van der Waals surface area contributed by atoms with Crippen LogP contribution in [0.1, 0.15) is 0 Å². The van der Waals surface area contributed by atoms with Gasteiger partial charge in [-0.05, 0) is 31.0 Å². The van der Waals surface area contributed by atoms with E-state index in [2.05, 4.69) is 35.0 Å². The molecule has 0 bridgehead atoms. The molecular weight excluding hydrogens is 212 g/mol. The van der Waals surface area contributed by atoms with Crippen molar-refractivity contribution in [3.63, 3.8) is 0 Å². The van der Waals surface area contributed by atoms with Crippen LogP contribution in [0.3, 0.4) is 0 Å². The largest absolute Gasteiger partial charge is 0.495 e. The molecule has 2 atom stereocenters. The third kappa shape index (κ3) is 1.89. The van der Waals surface area contributed by atoms with Crippen LogP contribution >= 0.6 is 0 Å². The van der Waals surface area contributed by atoms with Crippen molar-refractivity contribution in [2.24, 2.45) is 11.8 Å². The van der Waals surface area contributed by atoms with Crippen LogP contribution in [0.4, 0.5) is 5.69 Å². The molecule has 2 saturated heterocycles. The van der Waals surface area contributed by atoms with Crippen molar-refractivity contribution in [1.82, 2.24) is 4.90 Å². The minimum atomic E-state index is 0.838. The highest BCUT2D eigenvalue weighted by Gasteiger charge is 2.39. The summed E-state index contributed by atoms with van der Waals surface area (Å²) in [7, 11) is 3.98. The first-order valence-electron chi connectivity index (χ1n) is 6.34. The Bertz CT molecular complexity index is 393. The van der Waals surface area contributed by atoms with Gasteiger partial charge in [0.15, 0.2) is 0 Å². The molecule has 0 aliphatic carbocycles. The minimum Gasteiger partial charge on any atom is -0.495 e. The van der Waals surface area contributed by atoms with Gasteiger partial charge in [0.2, 0.25) is 0 Å². The summed E-state index contributed by atoms with van der Waals surface area (Å²) >= 11 is 0. The Hall–Kier alpha value is -1.22. The molecule has 0 radical (unpaired) electrons. The van der Waals surface area contributed by atoms with Crippen LogP contribution in [0.25, 0.3) is 0 Å². The van der Waals surface area contributed by atoms with Gasteiger partial charge >= 0.3 is 0 Å². The summed E-state index contributed by atoms with van der Waals surface area (Å²) in [5, 5.41) is 0. The van der Waals surface area contributed by atoms with E-state index in [1.54, 1.807) is 7.11 Å². The lowest BCUT2D eigenvalue weighted by Gasteiger charge is -2.23. The first-order valence-corrected chi connectivity index (χ1v) is 6.34. The number of rotatable bonds is 2. The van der Waals surface area contributed by atoms with Crippen LogP contribution in [-0.4, -0.2) is 45.2 Å². The molecule has 3 rings (SSSR count). The molecule has 0 spiro atoms. The lowest BCUT2D eigenvalue weighted by atomic mass is 10.0. The maximum absolute atomic E-state index is 5.45. The maximum atomic E-state index is 5.45. The number of benzene rings is 1. The van der Waals surface area contributed by atoms with Gasteiger partial charge in [-0.15, -0.1) is 0 Å². The number of likely N-dealkylation sites (tertiary alicyclic amines) is 1. The Morgan fingerprint density at radius 2 is 1.71 bits per heavy atom. The lowest BCUT2D eigenvalue weighted by Crippen LogP contribution is -2.26. The molecule has 3 nitrogen and oxygen atoms in total. The fourth-order valence-corrected chi connectivity index (χ4v) is 3.32. The Morgan fingerprint density at radius 3 is 2.35 bits per heavy atom. The van der Waals surface area contributed by atoms with Crippen LogP contribution in [0, 0.1) is 11.8 Å². The minimum absolute atomic E-state index is 0.838. The Labute approximate surface area is 103 Å². The third-order valence-corrected chi connectivity index (χ3v) is 4.09. The predicted molar refractivity (Wildman–Crippen MR) is 69.7 cm³/mol. The van der Waals surface area contributed by atoms with Crippen LogP contribution in [0.5, 0.6) is 5.75 Å². The molecule has 0 saturated carbocycles. The highest BCUT2D eigenvalue weighted by molar-refractivity contribution is 5.59. The van der Waals surface area contributed by atoms with E-state index in [-0.39, 0.29) is 0 Å². The van der Waals surface area contributed by atoms with Gasteiger partial charge in [0.25, 0.3) is 0 Å². The summed E-state index contributed by atoms with van der Waals surface area (Å²) in [6.07, 6.45) is 0. The number of hydrogen-bond acceptors (Lipinski definition) is 3. The second-order valence-electron chi connectivity index (χ2n) is 5.32. The summed E-state index contributed by atoms with van der Waals surface area (Å²) in [5.74, 6) is 2.68. The normalized spacial score (nSPS) is 28.5. The molecule has 2 unspecified atom stereocenters. The van der Waals surface area contributed by atoms with E-state index in [1.807, 2.05) is 6.07 Å². The molecule has 0 N–H and O–H groups in total. The van der Waals surface area contributed by atoms with E-state index in [0.717, 1.165) is 17.6 Å². The van der Waals surface area contributed by atoms with Gasteiger partial charge in [-0.3, -0.25) is 0 Å². The standard InChI is InChI=1S/C14H20N2O/c1-15-7-11-9-16(10-12(11)8-15)13-5-3-4-6-14(13)17-2/h3-6,11-12H,7-10H2,1-2H3. The number of hydrogen-bond donors (Lipinski definition) is 0. The average molecular weight is 232 g/mol. The topological polar surface area (TPSA) is 15.7 Å². The molecule has 0 amide bonds. The van der Waals surface area contributed by atoms with Gasteiger partial charge in [-0.25, -0.2) is 0 Å². The zero-order chi connectivity index (χ0) is 11.8. The first-order chi connectivity index (χ1) is 8.28. The number of ether oxygens (including phenoxy) is 1. The Kier molecular flexibility index (Phi) is 2.71. The van der Waals surface area contributed by atoms with Gasteiger partial charge in [0.05, 0.1) is 12.8 Å². The van der Waals surface area contributed by atoms with Gasteiger partial charge in [0, 0.05) is 26.2 Å². The van der Waals surface area contributed by atoms with Crippen molar-refractivity contribution in [3.05, 3.63) is 24.3 Å². The highest BCUT2D eigenvalue weighted by atomic mass is 16.5. The van der Waals surface area contributed by atoms with E-state index < -0.39 is 0 Å². The zero-order valence-corrected chi connectivity index (χ0v) is 10.6. The fraction of sp³-hybridized carbons (Fsp3) is 0.571. The number of para-hydroxylation sites is 2. The molecule has 1 aromatic rings. The van der Waals surface area contributed by atoms with E-state index >= 15 is 0 Å². The van der Waals surface area contributed by atoms with Gasteiger partial charge < -0.3 is 14.5 Å². The maximum Gasteiger partial charge on any atom is 0.142 e. The second kappa shape index (κ2) is 4.22. The van der Waals surface area contributed by atoms with Crippen molar-refractivity contribution >= 4 is 5.69 Å². The van der Waals surface area contributed by atoms with Crippen molar-refractivity contribution in [3.8, 4) is 5.75 Å². The number of anilines is 1. The second-order valence-corrected chi connectivity index (χ2v) is 5.32. The molecule has 92 valence electrons. The lowest BCUT2D eigenvalue weighted by molar-refractivity contribution is 0.385. The molecular formula is C14H20N2O. The molecule has 2 fully saturated rings. The third-order valence-electron chi connectivity index (χ3n) is 4.09. The molecule has 0 aromatic heterocycles. The van der Waals surface area contributed by atoms with Crippen molar-refractivity contribution in [2.75, 3.05) is 45.2 Å². The molecule has 2 aliphatic rings. The molecule has 3 heteroatoms. The van der Waals surface area contributed by atoms with Crippen LogP contribution in [0.15, 0.2) is 24.3 Å². The van der Waals surface area contributed by atoms with Crippen LogP contribution in [-0.2, 0) is 0 Å². The van der Waals surface area contributed by atoms with E-state index in [4.69, 9.17) is 4.74 Å². The summed E-state index contributed by atoms with van der Waals surface area (Å²) < 4.78 is 5.45. The average Bonchev–Trinajstić information content (AvgIpc) is 2.86. The van der Waals surface area contributed by atoms with Crippen LogP contribution < -0.4 is 9.64 Å². The number of nitrogens with zero attached hydrogens (tertiary/aromatic N) is 2. The molecule has 2 heterocycles. The van der Waals surface area contributed by atoms with Crippen molar-refractivity contribution in [2.45, 2.75) is 0 Å². The zero-order valence-electron chi connectivity index (χ0n) is 10.6. The predicted octanol–water partition coefficient (Wildman–Crippen LogP) is 1.69. The van der Waals surface area contributed by atoms with Crippen molar-refractivity contribution < 1.29 is 4.74 Å². The van der Waals surface area contributed by atoms with E-state index in [0.29, 0.717) is 0 Å². The van der Waals surface area contributed by atoms with Crippen molar-refractivity contribution in [1.29, 1.82) is 0 Å². The van der Waals surface area contributed by atoms with Gasteiger partial charge in [-0.2, -0.15) is 0 Å². The Balaban J connectivity index is 1.79. The monoisotopic (exact) mass is 232 g/mol. The number of methoxy groups -OCH3 is 1. The summed E-state index contributed by atoms with van der Waals surface area (Å²) in [4.78, 5) is 4.94. The SMILES string of the molecule is COc1ccccc1N1CC2CN(C)CC2C1. The van der Waals surface area contributed by atoms with Gasteiger partial charge in [-0.1, -0.05) is 12.1 Å². The first kappa shape index (κ1) is 10.9. The summed E-state index contributed by atoms with van der Waals surface area (Å²) in [6.45, 7) is 4.84. The molecule has 2 aliphatic heterocycles. The van der Waals surface area contributed by atoms with Gasteiger partial charge in [0.1, 0.15) is 5.75 Å².